The van der Waals surface area contributed by atoms with Crippen molar-refractivity contribution in [2.75, 3.05) is 36.0 Å². The third-order valence-electron chi connectivity index (χ3n) is 5.04. The number of piperazine rings is 1. The molecular weight excluding hydrogens is 357 g/mol. The lowest BCUT2D eigenvalue weighted by Gasteiger charge is -2.36. The second kappa shape index (κ2) is 6.68. The summed E-state index contributed by atoms with van der Waals surface area (Å²) in [5, 5.41) is 4.46. The average molecular weight is 383 g/mol. The van der Waals surface area contributed by atoms with Crippen molar-refractivity contribution in [2.24, 2.45) is 0 Å². The molecule has 0 saturated carbocycles. The van der Waals surface area contributed by atoms with Gasteiger partial charge < -0.3 is 9.80 Å². The molecule has 0 amide bonds. The normalized spacial score (nSPS) is 15.5. The molecule has 1 fully saturated rings. The lowest BCUT2D eigenvalue weighted by Crippen LogP contribution is -2.47. The van der Waals surface area contributed by atoms with Crippen molar-refractivity contribution in [2.45, 2.75) is 40.0 Å². The Labute approximate surface area is 164 Å². The zero-order chi connectivity index (χ0) is 20.1. The Kier molecular flexibility index (Phi) is 4.44. The van der Waals surface area contributed by atoms with Crippen LogP contribution >= 0.6 is 0 Å². The van der Waals surface area contributed by atoms with Gasteiger partial charge in [-0.3, -0.25) is 0 Å². The minimum absolute atomic E-state index is 0.228. The minimum atomic E-state index is -0.326. The van der Waals surface area contributed by atoms with E-state index in [9.17, 15) is 4.39 Å². The molecule has 4 heterocycles. The smallest absolute Gasteiger partial charge is 0.186 e. The van der Waals surface area contributed by atoms with Gasteiger partial charge in [-0.2, -0.15) is 5.10 Å². The van der Waals surface area contributed by atoms with Crippen LogP contribution in [0.25, 0.3) is 5.52 Å². The van der Waals surface area contributed by atoms with Crippen LogP contribution in [-0.2, 0) is 5.41 Å². The molecule has 3 aromatic rings. The molecule has 8 heteroatoms. The number of halogens is 1. The first-order chi connectivity index (χ1) is 13.2. The molecular formula is C20H26FN7. The van der Waals surface area contributed by atoms with Crippen LogP contribution in [0, 0.1) is 19.7 Å². The molecule has 1 aliphatic rings. The topological polar surface area (TPSA) is 62.5 Å². The monoisotopic (exact) mass is 383 g/mol. The first kappa shape index (κ1) is 18.6. The molecule has 0 aromatic carbocycles. The summed E-state index contributed by atoms with van der Waals surface area (Å²) in [6, 6.07) is 2.04. The number of anilines is 2. The summed E-state index contributed by atoms with van der Waals surface area (Å²) >= 11 is 0. The lowest BCUT2D eigenvalue weighted by molar-refractivity contribution is 0.516. The van der Waals surface area contributed by atoms with Crippen molar-refractivity contribution in [3.05, 3.63) is 41.5 Å². The van der Waals surface area contributed by atoms with Crippen molar-refractivity contribution in [3.63, 3.8) is 0 Å². The largest absolute Gasteiger partial charge is 0.351 e. The second-order valence-electron chi connectivity index (χ2n) is 8.36. The van der Waals surface area contributed by atoms with Crippen molar-refractivity contribution in [3.8, 4) is 0 Å². The van der Waals surface area contributed by atoms with Crippen LogP contribution in [0.4, 0.5) is 16.0 Å². The van der Waals surface area contributed by atoms with Crippen LogP contribution in [0.3, 0.4) is 0 Å². The van der Waals surface area contributed by atoms with Gasteiger partial charge in [0.15, 0.2) is 17.5 Å². The highest BCUT2D eigenvalue weighted by molar-refractivity contribution is 5.69. The molecule has 0 aliphatic carbocycles. The molecule has 148 valence electrons. The summed E-state index contributed by atoms with van der Waals surface area (Å²) < 4.78 is 16.6. The zero-order valence-corrected chi connectivity index (χ0v) is 17.1. The Morgan fingerprint density at radius 3 is 2.25 bits per heavy atom. The summed E-state index contributed by atoms with van der Waals surface area (Å²) in [5.74, 6) is 1.67. The van der Waals surface area contributed by atoms with Crippen LogP contribution in [0.15, 0.2) is 18.5 Å². The Hall–Kier alpha value is -2.77. The quantitative estimate of drug-likeness (QED) is 0.678. The van der Waals surface area contributed by atoms with Crippen molar-refractivity contribution >= 4 is 17.2 Å². The van der Waals surface area contributed by atoms with Crippen LogP contribution in [0.2, 0.25) is 0 Å². The number of hydrogen-bond acceptors (Lipinski definition) is 6. The van der Waals surface area contributed by atoms with E-state index >= 15 is 0 Å². The molecule has 0 unspecified atom stereocenters. The standard InChI is InChI=1S/C20H26FN7/c1-13-12-15-17(22-6-7-28(15)25-13)26-8-10-27(11-9-26)18-16(21)14(2)23-19(24-18)20(3,4)5/h6-7,12H,8-11H2,1-5H3. The Morgan fingerprint density at radius 1 is 0.964 bits per heavy atom. The van der Waals surface area contributed by atoms with E-state index in [4.69, 9.17) is 0 Å². The van der Waals surface area contributed by atoms with E-state index in [0.29, 0.717) is 30.4 Å². The second-order valence-corrected chi connectivity index (χ2v) is 8.36. The molecule has 1 saturated heterocycles. The average Bonchev–Trinajstić information content (AvgIpc) is 3.03. The fraction of sp³-hybridized carbons (Fsp3) is 0.500. The minimum Gasteiger partial charge on any atom is -0.351 e. The molecule has 0 bridgehead atoms. The highest BCUT2D eigenvalue weighted by Crippen LogP contribution is 2.27. The third-order valence-corrected chi connectivity index (χ3v) is 5.04. The highest BCUT2D eigenvalue weighted by atomic mass is 19.1. The van der Waals surface area contributed by atoms with Gasteiger partial charge in [0.2, 0.25) is 0 Å². The molecule has 0 spiro atoms. The number of rotatable bonds is 2. The predicted molar refractivity (Wildman–Crippen MR) is 108 cm³/mol. The van der Waals surface area contributed by atoms with E-state index in [1.54, 1.807) is 13.1 Å². The predicted octanol–water partition coefficient (Wildman–Crippen LogP) is 2.90. The lowest BCUT2D eigenvalue weighted by atomic mass is 9.95. The third kappa shape index (κ3) is 3.27. The number of aryl methyl sites for hydroxylation is 2. The van der Waals surface area contributed by atoms with Gasteiger partial charge in [-0.1, -0.05) is 20.8 Å². The number of aromatic nitrogens is 5. The summed E-state index contributed by atoms with van der Waals surface area (Å²) in [5.41, 5.74) is 2.13. The molecule has 7 nitrogen and oxygen atoms in total. The maximum absolute atomic E-state index is 14.8. The molecule has 0 radical (unpaired) electrons. The maximum Gasteiger partial charge on any atom is 0.186 e. The fourth-order valence-electron chi connectivity index (χ4n) is 3.49. The summed E-state index contributed by atoms with van der Waals surface area (Å²) in [4.78, 5) is 17.7. The van der Waals surface area contributed by atoms with E-state index in [1.807, 2.05) is 49.4 Å². The summed E-state index contributed by atoms with van der Waals surface area (Å²) in [6.45, 7) is 12.6. The highest BCUT2D eigenvalue weighted by Gasteiger charge is 2.27. The SMILES string of the molecule is Cc1cc2c(N3CCN(c4nc(C(C)(C)C)nc(C)c4F)CC3)nccn2n1. The molecule has 4 rings (SSSR count). The van der Waals surface area contributed by atoms with Crippen LogP contribution < -0.4 is 9.80 Å². The van der Waals surface area contributed by atoms with Crippen molar-refractivity contribution in [1.82, 2.24) is 24.6 Å². The van der Waals surface area contributed by atoms with Gasteiger partial charge >= 0.3 is 0 Å². The van der Waals surface area contributed by atoms with E-state index in [-0.39, 0.29) is 11.2 Å². The number of nitrogens with zero attached hydrogens (tertiary/aromatic N) is 7. The number of hydrogen-bond donors (Lipinski definition) is 0. The van der Waals surface area contributed by atoms with Gasteiger partial charge in [-0.15, -0.1) is 0 Å². The molecule has 1 aliphatic heterocycles. The Bertz CT molecular complexity index is 1010. The molecule has 0 N–H and O–H groups in total. The van der Waals surface area contributed by atoms with E-state index < -0.39 is 0 Å². The fourth-order valence-corrected chi connectivity index (χ4v) is 3.49. The van der Waals surface area contributed by atoms with Crippen molar-refractivity contribution < 1.29 is 4.39 Å². The first-order valence-corrected chi connectivity index (χ1v) is 9.59. The van der Waals surface area contributed by atoms with Crippen LogP contribution in [-0.4, -0.2) is 50.7 Å². The summed E-state index contributed by atoms with van der Waals surface area (Å²) in [6.07, 6.45) is 3.62. The van der Waals surface area contributed by atoms with Gasteiger partial charge in [0.1, 0.15) is 11.3 Å². The van der Waals surface area contributed by atoms with Gasteiger partial charge in [0.05, 0.1) is 11.4 Å². The first-order valence-electron chi connectivity index (χ1n) is 9.59. The Balaban J connectivity index is 1.58. The van der Waals surface area contributed by atoms with Gasteiger partial charge in [-0.25, -0.2) is 23.9 Å². The van der Waals surface area contributed by atoms with E-state index in [2.05, 4.69) is 25.0 Å². The van der Waals surface area contributed by atoms with Crippen molar-refractivity contribution in [1.29, 1.82) is 0 Å². The molecule has 28 heavy (non-hydrogen) atoms. The van der Waals surface area contributed by atoms with Gasteiger partial charge in [0, 0.05) is 44.0 Å². The Morgan fingerprint density at radius 2 is 1.61 bits per heavy atom. The molecule has 3 aromatic heterocycles. The molecule has 0 atom stereocenters. The van der Waals surface area contributed by atoms with Crippen LogP contribution in [0.5, 0.6) is 0 Å². The maximum atomic E-state index is 14.8. The van der Waals surface area contributed by atoms with Gasteiger partial charge in [-0.05, 0) is 19.9 Å². The van der Waals surface area contributed by atoms with Gasteiger partial charge in [0.25, 0.3) is 0 Å². The van der Waals surface area contributed by atoms with E-state index in [0.717, 1.165) is 30.1 Å². The van der Waals surface area contributed by atoms with E-state index in [1.165, 1.54) is 0 Å². The zero-order valence-electron chi connectivity index (χ0n) is 17.1. The number of fused-ring (bicyclic) bond motifs is 1. The van der Waals surface area contributed by atoms with Crippen LogP contribution in [0.1, 0.15) is 38.0 Å². The summed E-state index contributed by atoms with van der Waals surface area (Å²) in [7, 11) is 0.